The molecule has 0 aliphatic heterocycles. The van der Waals surface area contributed by atoms with Crippen LogP contribution < -0.4 is 10.1 Å². The Balaban J connectivity index is 1.54. The average molecular weight is 321 g/mol. The minimum atomic E-state index is -0.239. The first-order valence-corrected chi connectivity index (χ1v) is 7.96. The van der Waals surface area contributed by atoms with Gasteiger partial charge in [0.1, 0.15) is 18.2 Å². The van der Waals surface area contributed by atoms with Crippen molar-refractivity contribution in [3.05, 3.63) is 95.3 Å². The molecule has 0 aromatic heterocycles. The lowest BCUT2D eigenvalue weighted by Gasteiger charge is -2.10. The number of halogens is 1. The van der Waals surface area contributed by atoms with E-state index in [0.29, 0.717) is 5.56 Å². The molecule has 0 unspecified atom stereocenters. The normalized spacial score (nSPS) is 10.4. The molecule has 3 aromatic carbocycles. The summed E-state index contributed by atoms with van der Waals surface area (Å²) in [7, 11) is 0. The van der Waals surface area contributed by atoms with E-state index < -0.39 is 0 Å². The van der Waals surface area contributed by atoms with E-state index in [1.54, 1.807) is 12.1 Å². The molecule has 122 valence electrons. The Hall–Kier alpha value is -2.81. The molecule has 2 nitrogen and oxygen atoms in total. The Morgan fingerprint density at radius 1 is 0.917 bits per heavy atom. The Bertz CT molecular complexity index is 799. The van der Waals surface area contributed by atoms with Crippen molar-refractivity contribution in [3.63, 3.8) is 0 Å². The molecule has 3 heteroatoms. The van der Waals surface area contributed by atoms with Crippen molar-refractivity contribution < 1.29 is 9.13 Å². The maximum absolute atomic E-state index is 13.6. The van der Waals surface area contributed by atoms with Crippen molar-refractivity contribution in [2.75, 3.05) is 5.32 Å². The van der Waals surface area contributed by atoms with E-state index in [4.69, 9.17) is 4.74 Å². The molecule has 1 N–H and O–H groups in total. The van der Waals surface area contributed by atoms with Gasteiger partial charge < -0.3 is 10.1 Å². The van der Waals surface area contributed by atoms with Crippen molar-refractivity contribution in [1.29, 1.82) is 0 Å². The van der Waals surface area contributed by atoms with Gasteiger partial charge in [0.05, 0.1) is 0 Å². The predicted octanol–water partition coefficient (Wildman–Crippen LogP) is 5.33. The summed E-state index contributed by atoms with van der Waals surface area (Å²) in [4.78, 5) is 0. The third-order valence-electron chi connectivity index (χ3n) is 3.79. The molecule has 3 aromatic rings. The first kappa shape index (κ1) is 16.1. The molecule has 0 aliphatic rings. The summed E-state index contributed by atoms with van der Waals surface area (Å²) in [5.74, 6) is 0.494. The van der Waals surface area contributed by atoms with Crippen LogP contribution in [0.15, 0.2) is 72.8 Å². The van der Waals surface area contributed by atoms with Gasteiger partial charge in [0, 0.05) is 17.8 Å². The van der Waals surface area contributed by atoms with Gasteiger partial charge in [-0.2, -0.15) is 0 Å². The smallest absolute Gasteiger partial charge is 0.129 e. The SMILES string of the molecule is Cc1cccc(NCc2ccc(OCc3ccccc3F)cc2)c1. The van der Waals surface area contributed by atoms with E-state index in [1.807, 2.05) is 36.4 Å². The van der Waals surface area contributed by atoms with Gasteiger partial charge in [0.15, 0.2) is 0 Å². The molecule has 0 atom stereocenters. The van der Waals surface area contributed by atoms with Gasteiger partial charge in [-0.3, -0.25) is 0 Å². The molecule has 0 fully saturated rings. The molecule has 0 spiro atoms. The number of hydrogen-bond donors (Lipinski definition) is 1. The lowest BCUT2D eigenvalue weighted by Crippen LogP contribution is -2.00. The highest BCUT2D eigenvalue weighted by Gasteiger charge is 2.02. The molecule has 0 radical (unpaired) electrons. The second kappa shape index (κ2) is 7.64. The maximum Gasteiger partial charge on any atom is 0.129 e. The van der Waals surface area contributed by atoms with Gasteiger partial charge in [-0.15, -0.1) is 0 Å². The predicted molar refractivity (Wildman–Crippen MR) is 95.7 cm³/mol. The summed E-state index contributed by atoms with van der Waals surface area (Å²) in [6.45, 7) is 3.05. The molecular weight excluding hydrogens is 301 g/mol. The number of anilines is 1. The highest BCUT2D eigenvalue weighted by atomic mass is 19.1. The van der Waals surface area contributed by atoms with Crippen molar-refractivity contribution in [1.82, 2.24) is 0 Å². The van der Waals surface area contributed by atoms with E-state index in [9.17, 15) is 4.39 Å². The summed E-state index contributed by atoms with van der Waals surface area (Å²) >= 11 is 0. The van der Waals surface area contributed by atoms with Crippen LogP contribution in [0.3, 0.4) is 0 Å². The first-order chi connectivity index (χ1) is 11.7. The number of nitrogens with one attached hydrogen (secondary N) is 1. The minimum absolute atomic E-state index is 0.230. The average Bonchev–Trinajstić information content (AvgIpc) is 2.60. The van der Waals surface area contributed by atoms with E-state index in [0.717, 1.165) is 23.5 Å². The maximum atomic E-state index is 13.6. The van der Waals surface area contributed by atoms with Crippen molar-refractivity contribution in [3.8, 4) is 5.75 Å². The molecule has 0 aliphatic carbocycles. The third-order valence-corrected chi connectivity index (χ3v) is 3.79. The quantitative estimate of drug-likeness (QED) is 0.663. The molecule has 0 heterocycles. The fourth-order valence-corrected chi connectivity index (χ4v) is 2.44. The number of benzene rings is 3. The van der Waals surface area contributed by atoms with Crippen LogP contribution in [0.1, 0.15) is 16.7 Å². The molecule has 0 saturated heterocycles. The largest absolute Gasteiger partial charge is 0.489 e. The first-order valence-electron chi connectivity index (χ1n) is 7.96. The zero-order valence-electron chi connectivity index (χ0n) is 13.6. The lowest BCUT2D eigenvalue weighted by molar-refractivity contribution is 0.300. The second-order valence-corrected chi connectivity index (χ2v) is 5.75. The zero-order chi connectivity index (χ0) is 16.8. The minimum Gasteiger partial charge on any atom is -0.489 e. The van der Waals surface area contributed by atoms with Crippen LogP contribution in [0.5, 0.6) is 5.75 Å². The number of rotatable bonds is 6. The van der Waals surface area contributed by atoms with E-state index >= 15 is 0 Å². The Labute approximate surface area is 141 Å². The molecule has 0 amide bonds. The summed E-state index contributed by atoms with van der Waals surface area (Å²) < 4.78 is 19.2. The van der Waals surface area contributed by atoms with Crippen LogP contribution in [0.2, 0.25) is 0 Å². The summed E-state index contributed by atoms with van der Waals surface area (Å²) in [6, 6.07) is 22.8. The Kier molecular flexibility index (Phi) is 5.12. The topological polar surface area (TPSA) is 21.3 Å². The monoisotopic (exact) mass is 321 g/mol. The number of hydrogen-bond acceptors (Lipinski definition) is 2. The fraction of sp³-hybridized carbons (Fsp3) is 0.143. The van der Waals surface area contributed by atoms with Gasteiger partial charge in [-0.25, -0.2) is 4.39 Å². The lowest BCUT2D eigenvalue weighted by atomic mass is 10.2. The third kappa shape index (κ3) is 4.35. The van der Waals surface area contributed by atoms with Gasteiger partial charge in [0.25, 0.3) is 0 Å². The summed E-state index contributed by atoms with van der Waals surface area (Å²) in [5.41, 5.74) is 4.06. The van der Waals surface area contributed by atoms with Gasteiger partial charge in [-0.05, 0) is 48.4 Å². The molecule has 0 bridgehead atoms. The van der Waals surface area contributed by atoms with Gasteiger partial charge in [-0.1, -0.05) is 42.5 Å². The van der Waals surface area contributed by atoms with Crippen LogP contribution in [0, 0.1) is 12.7 Å². The number of ether oxygens (including phenoxy) is 1. The fourth-order valence-electron chi connectivity index (χ4n) is 2.44. The standard InChI is InChI=1S/C21H20FNO/c1-16-5-4-7-19(13-16)23-14-17-9-11-20(12-10-17)24-15-18-6-2-3-8-21(18)22/h2-13,23H,14-15H2,1H3. The van der Waals surface area contributed by atoms with E-state index in [2.05, 4.69) is 30.4 Å². The molecule has 3 rings (SSSR count). The zero-order valence-corrected chi connectivity index (χ0v) is 13.6. The highest BCUT2D eigenvalue weighted by Crippen LogP contribution is 2.17. The van der Waals surface area contributed by atoms with Crippen LogP contribution in [-0.4, -0.2) is 0 Å². The molecular formula is C21H20FNO. The van der Waals surface area contributed by atoms with E-state index in [-0.39, 0.29) is 12.4 Å². The van der Waals surface area contributed by atoms with Crippen LogP contribution in [0.4, 0.5) is 10.1 Å². The molecule has 24 heavy (non-hydrogen) atoms. The van der Waals surface area contributed by atoms with Gasteiger partial charge >= 0.3 is 0 Å². The van der Waals surface area contributed by atoms with E-state index in [1.165, 1.54) is 11.6 Å². The number of aryl methyl sites for hydroxylation is 1. The van der Waals surface area contributed by atoms with Crippen molar-refractivity contribution in [2.45, 2.75) is 20.1 Å². The van der Waals surface area contributed by atoms with Gasteiger partial charge in [0.2, 0.25) is 0 Å². The van der Waals surface area contributed by atoms with Crippen LogP contribution >= 0.6 is 0 Å². The van der Waals surface area contributed by atoms with Crippen LogP contribution in [-0.2, 0) is 13.2 Å². The Morgan fingerprint density at radius 2 is 1.71 bits per heavy atom. The highest BCUT2D eigenvalue weighted by molar-refractivity contribution is 5.46. The summed E-state index contributed by atoms with van der Waals surface area (Å²) in [6.07, 6.45) is 0. The molecule has 0 saturated carbocycles. The van der Waals surface area contributed by atoms with Crippen molar-refractivity contribution >= 4 is 5.69 Å². The Morgan fingerprint density at radius 3 is 2.46 bits per heavy atom. The second-order valence-electron chi connectivity index (χ2n) is 5.75. The van der Waals surface area contributed by atoms with Crippen LogP contribution in [0.25, 0.3) is 0 Å². The summed E-state index contributed by atoms with van der Waals surface area (Å²) in [5, 5.41) is 3.40. The van der Waals surface area contributed by atoms with Crippen molar-refractivity contribution in [2.24, 2.45) is 0 Å².